The third-order valence-electron chi connectivity index (χ3n) is 5.06. The van der Waals surface area contributed by atoms with Crippen LogP contribution in [0.2, 0.25) is 0 Å². The molecule has 0 aliphatic carbocycles. The zero-order valence-corrected chi connectivity index (χ0v) is 12.3. The molecule has 19 heavy (non-hydrogen) atoms. The number of nitrogens with zero attached hydrogens (tertiary/aromatic N) is 2. The fraction of sp³-hybridized carbons (Fsp3) is 1.00. The molecule has 0 aromatic heterocycles. The van der Waals surface area contributed by atoms with E-state index in [0.717, 1.165) is 39.3 Å². The van der Waals surface area contributed by atoms with Crippen LogP contribution in [-0.2, 0) is 4.74 Å². The van der Waals surface area contributed by atoms with Crippen molar-refractivity contribution in [3.63, 3.8) is 0 Å². The fourth-order valence-electron chi connectivity index (χ4n) is 4.06. The molecule has 3 saturated heterocycles. The Kier molecular flexibility index (Phi) is 4.10. The Morgan fingerprint density at radius 2 is 2.00 bits per heavy atom. The number of nitrogens with one attached hydrogen (secondary N) is 2. The maximum absolute atomic E-state index is 6.12. The predicted molar refractivity (Wildman–Crippen MR) is 76.4 cm³/mol. The molecule has 2 atom stereocenters. The lowest BCUT2D eigenvalue weighted by Gasteiger charge is -2.63. The first-order chi connectivity index (χ1) is 9.21. The summed E-state index contributed by atoms with van der Waals surface area (Å²) in [7, 11) is 2.23. The molecule has 3 fully saturated rings. The second-order valence-corrected chi connectivity index (χ2v) is 6.49. The third kappa shape index (κ3) is 2.67. The van der Waals surface area contributed by atoms with Crippen LogP contribution in [0.4, 0.5) is 0 Å². The van der Waals surface area contributed by atoms with Crippen LogP contribution in [0.3, 0.4) is 0 Å². The molecule has 3 aliphatic rings. The Balaban J connectivity index is 1.39. The molecule has 5 heteroatoms. The molecule has 0 bridgehead atoms. The van der Waals surface area contributed by atoms with Crippen molar-refractivity contribution in [3.05, 3.63) is 0 Å². The van der Waals surface area contributed by atoms with E-state index in [1.54, 1.807) is 0 Å². The van der Waals surface area contributed by atoms with Crippen molar-refractivity contribution in [2.45, 2.75) is 19.1 Å². The Bertz CT molecular complexity index is 302. The van der Waals surface area contributed by atoms with Crippen molar-refractivity contribution in [1.82, 2.24) is 20.4 Å². The largest absolute Gasteiger partial charge is 0.376 e. The maximum atomic E-state index is 6.12. The highest BCUT2D eigenvalue weighted by Crippen LogP contribution is 2.42. The third-order valence-corrected chi connectivity index (χ3v) is 5.06. The molecule has 110 valence electrons. The van der Waals surface area contributed by atoms with Crippen LogP contribution in [0.15, 0.2) is 0 Å². The van der Waals surface area contributed by atoms with Crippen LogP contribution in [-0.4, -0.2) is 88.0 Å². The van der Waals surface area contributed by atoms with Crippen molar-refractivity contribution < 1.29 is 4.74 Å². The Labute approximate surface area is 116 Å². The van der Waals surface area contributed by atoms with Gasteiger partial charge in [-0.25, -0.2) is 0 Å². The Morgan fingerprint density at radius 1 is 1.26 bits per heavy atom. The zero-order chi connectivity index (χ0) is 13.3. The number of hydrogen-bond donors (Lipinski definition) is 2. The molecule has 3 rings (SSSR count). The van der Waals surface area contributed by atoms with Gasteiger partial charge in [0.05, 0.1) is 12.7 Å². The van der Waals surface area contributed by atoms with Gasteiger partial charge >= 0.3 is 0 Å². The van der Waals surface area contributed by atoms with Crippen LogP contribution in [0.25, 0.3) is 0 Å². The van der Waals surface area contributed by atoms with Gasteiger partial charge in [0.1, 0.15) is 0 Å². The smallest absolute Gasteiger partial charge is 0.0709 e. The molecule has 0 aromatic rings. The summed E-state index contributed by atoms with van der Waals surface area (Å²) < 4.78 is 6.12. The summed E-state index contributed by atoms with van der Waals surface area (Å²) in [6, 6.07) is 0.608. The average molecular weight is 268 g/mol. The molecule has 3 aliphatic heterocycles. The number of piperazine rings is 1. The second-order valence-electron chi connectivity index (χ2n) is 6.49. The predicted octanol–water partition coefficient (Wildman–Crippen LogP) is -0.800. The SMILES string of the molecule is CC(OCCN1CCNCC1)C1N(C)CC12CNC2. The van der Waals surface area contributed by atoms with E-state index in [-0.39, 0.29) is 0 Å². The van der Waals surface area contributed by atoms with Crippen molar-refractivity contribution in [2.75, 3.05) is 66.0 Å². The lowest BCUT2D eigenvalue weighted by Crippen LogP contribution is -2.78. The second kappa shape index (κ2) is 5.66. The first-order valence-corrected chi connectivity index (χ1v) is 7.67. The van der Waals surface area contributed by atoms with Gasteiger partial charge in [-0.05, 0) is 14.0 Å². The molecule has 0 radical (unpaired) electrons. The van der Waals surface area contributed by atoms with E-state index < -0.39 is 0 Å². The first kappa shape index (κ1) is 13.8. The molecular formula is C14H28N4O. The van der Waals surface area contributed by atoms with Gasteiger partial charge in [0.15, 0.2) is 0 Å². The van der Waals surface area contributed by atoms with Gasteiger partial charge < -0.3 is 15.4 Å². The van der Waals surface area contributed by atoms with Gasteiger partial charge in [-0.3, -0.25) is 9.80 Å². The number of hydrogen-bond acceptors (Lipinski definition) is 5. The van der Waals surface area contributed by atoms with Crippen molar-refractivity contribution in [2.24, 2.45) is 5.41 Å². The van der Waals surface area contributed by atoms with Gasteiger partial charge in [-0.2, -0.15) is 0 Å². The van der Waals surface area contributed by atoms with E-state index in [0.29, 0.717) is 17.6 Å². The topological polar surface area (TPSA) is 39.8 Å². The highest BCUT2D eigenvalue weighted by Gasteiger charge is 2.56. The normalized spacial score (nSPS) is 32.8. The summed E-state index contributed by atoms with van der Waals surface area (Å²) in [6.07, 6.45) is 0.351. The van der Waals surface area contributed by atoms with E-state index in [1.807, 2.05) is 0 Å². The standard InChI is InChI=1S/C14H28N4O/c1-12(13-14(9-16-10-14)11-17(13)2)19-8-7-18-5-3-15-4-6-18/h12-13,15-16H,3-11H2,1-2H3. The van der Waals surface area contributed by atoms with Gasteiger partial charge in [-0.1, -0.05) is 0 Å². The number of rotatable bonds is 5. The van der Waals surface area contributed by atoms with Crippen molar-refractivity contribution >= 4 is 0 Å². The molecule has 0 amide bonds. The quantitative estimate of drug-likeness (QED) is 0.683. The molecule has 0 saturated carbocycles. The average Bonchev–Trinajstić information content (AvgIpc) is 2.34. The van der Waals surface area contributed by atoms with Gasteiger partial charge in [0.2, 0.25) is 0 Å². The molecule has 0 aromatic carbocycles. The summed E-state index contributed by atoms with van der Waals surface area (Å²) in [5.74, 6) is 0. The van der Waals surface area contributed by atoms with Gasteiger partial charge in [0.25, 0.3) is 0 Å². The molecule has 2 unspecified atom stereocenters. The highest BCUT2D eigenvalue weighted by atomic mass is 16.5. The van der Waals surface area contributed by atoms with Crippen molar-refractivity contribution in [1.29, 1.82) is 0 Å². The van der Waals surface area contributed by atoms with Gasteiger partial charge in [0, 0.05) is 63.8 Å². The molecule has 2 N–H and O–H groups in total. The Morgan fingerprint density at radius 3 is 2.58 bits per heavy atom. The lowest BCUT2D eigenvalue weighted by molar-refractivity contribution is -0.154. The number of likely N-dealkylation sites (N-methyl/N-ethyl adjacent to an activating group) is 1. The van der Waals surface area contributed by atoms with E-state index in [9.17, 15) is 0 Å². The van der Waals surface area contributed by atoms with E-state index >= 15 is 0 Å². The number of likely N-dealkylation sites (tertiary alicyclic amines) is 1. The van der Waals surface area contributed by atoms with Crippen LogP contribution in [0, 0.1) is 5.41 Å². The van der Waals surface area contributed by atoms with Crippen LogP contribution >= 0.6 is 0 Å². The monoisotopic (exact) mass is 268 g/mol. The minimum absolute atomic E-state index is 0.351. The summed E-state index contributed by atoms with van der Waals surface area (Å²) in [4.78, 5) is 4.95. The van der Waals surface area contributed by atoms with E-state index in [2.05, 4.69) is 34.4 Å². The van der Waals surface area contributed by atoms with Crippen LogP contribution in [0.1, 0.15) is 6.92 Å². The molecular weight excluding hydrogens is 240 g/mol. The summed E-state index contributed by atoms with van der Waals surface area (Å²) >= 11 is 0. The maximum Gasteiger partial charge on any atom is 0.0709 e. The van der Waals surface area contributed by atoms with Crippen molar-refractivity contribution in [3.8, 4) is 0 Å². The Hall–Kier alpha value is -0.200. The lowest BCUT2D eigenvalue weighted by atomic mass is 9.65. The molecule has 3 heterocycles. The zero-order valence-electron chi connectivity index (χ0n) is 12.3. The van der Waals surface area contributed by atoms with Gasteiger partial charge in [-0.15, -0.1) is 0 Å². The van der Waals surface area contributed by atoms with Crippen LogP contribution in [0.5, 0.6) is 0 Å². The van der Waals surface area contributed by atoms with Crippen LogP contribution < -0.4 is 10.6 Å². The minimum atomic E-state index is 0.351. The highest BCUT2D eigenvalue weighted by molar-refractivity contribution is 5.12. The summed E-state index contributed by atoms with van der Waals surface area (Å²) in [5.41, 5.74) is 0.517. The fourth-order valence-corrected chi connectivity index (χ4v) is 4.06. The minimum Gasteiger partial charge on any atom is -0.376 e. The first-order valence-electron chi connectivity index (χ1n) is 7.67. The number of ether oxygens (including phenoxy) is 1. The summed E-state index contributed by atoms with van der Waals surface area (Å²) in [5, 5.41) is 6.81. The molecule has 1 spiro atoms. The van der Waals surface area contributed by atoms with E-state index in [1.165, 1.54) is 19.6 Å². The summed E-state index contributed by atoms with van der Waals surface area (Å²) in [6.45, 7) is 12.3. The van der Waals surface area contributed by atoms with E-state index in [4.69, 9.17) is 4.74 Å². The molecule has 5 nitrogen and oxygen atoms in total.